The van der Waals surface area contributed by atoms with Crippen molar-refractivity contribution in [2.24, 2.45) is 0 Å². The summed E-state index contributed by atoms with van der Waals surface area (Å²) in [6.07, 6.45) is 10.2. The van der Waals surface area contributed by atoms with Gasteiger partial charge in [-0.05, 0) is 83.3 Å². The maximum atomic E-state index is 15.5. The second kappa shape index (κ2) is 17.9. The molecular weight excluding hydrogens is 557 g/mol. The summed E-state index contributed by atoms with van der Waals surface area (Å²) in [5.41, 5.74) is 3.74. The van der Waals surface area contributed by atoms with Gasteiger partial charge in [0.2, 0.25) is 0 Å². The first-order chi connectivity index (χ1) is 19.6. The van der Waals surface area contributed by atoms with Crippen LogP contribution in [0.15, 0.2) is 113 Å². The molecule has 0 radical (unpaired) electrons. The molecule has 0 aliphatic carbocycles. The molecule has 0 fully saturated rings. The Labute approximate surface area is 251 Å². The van der Waals surface area contributed by atoms with Crippen LogP contribution in [0.4, 0.5) is 18.9 Å². The highest BCUT2D eigenvalue weighted by atomic mass is 32.2. The Bertz CT molecular complexity index is 1450. The molecule has 8 heteroatoms. The zero-order chi connectivity index (χ0) is 32.8. The number of nitrogens with one attached hydrogen (secondary N) is 1. The zero-order valence-electron chi connectivity index (χ0n) is 26.1. The molecule has 2 N–H and O–H groups in total. The van der Waals surface area contributed by atoms with E-state index < -0.39 is 27.2 Å². The molecule has 4 nitrogen and oxygen atoms in total. The summed E-state index contributed by atoms with van der Waals surface area (Å²) in [5.74, 6) is 1.16. The number of rotatable bonds is 9. The van der Waals surface area contributed by atoms with Gasteiger partial charge in [-0.1, -0.05) is 62.5 Å². The van der Waals surface area contributed by atoms with Crippen LogP contribution in [0.25, 0.3) is 5.57 Å². The normalized spacial score (nSPS) is 15.5. The van der Waals surface area contributed by atoms with E-state index in [2.05, 4.69) is 30.3 Å². The van der Waals surface area contributed by atoms with Crippen LogP contribution in [-0.4, -0.2) is 26.7 Å². The molecule has 1 aliphatic heterocycles. The summed E-state index contributed by atoms with van der Waals surface area (Å²) in [6.45, 7) is 26.0. The number of anilines is 1. The first kappa shape index (κ1) is 38.2. The van der Waals surface area contributed by atoms with Crippen molar-refractivity contribution in [1.29, 1.82) is 0 Å². The monoisotopic (exact) mass is 602 g/mol. The van der Waals surface area contributed by atoms with Gasteiger partial charge in [0.1, 0.15) is 11.6 Å². The number of aliphatic hydroxyl groups excluding tert-OH is 1. The third-order valence-corrected chi connectivity index (χ3v) is 7.69. The molecule has 1 aromatic carbocycles. The van der Waals surface area contributed by atoms with Gasteiger partial charge in [0.05, 0.1) is 32.5 Å². The lowest BCUT2D eigenvalue weighted by Gasteiger charge is -2.25. The molecule has 1 heterocycles. The molecule has 2 rings (SSSR count). The van der Waals surface area contributed by atoms with Gasteiger partial charge in [0.15, 0.2) is 5.82 Å². The van der Waals surface area contributed by atoms with Crippen molar-refractivity contribution in [3.63, 3.8) is 0 Å². The lowest BCUT2D eigenvalue weighted by molar-refractivity contribution is 0.331. The van der Waals surface area contributed by atoms with Crippen LogP contribution < -0.4 is 4.72 Å². The van der Waals surface area contributed by atoms with Crippen molar-refractivity contribution in [2.45, 2.75) is 55.4 Å². The molecule has 1 unspecified atom stereocenters. The number of hydrogen-bond donors (Lipinski definition) is 2. The quantitative estimate of drug-likeness (QED) is 0.168. The van der Waals surface area contributed by atoms with Crippen molar-refractivity contribution in [3.8, 4) is 0 Å². The highest BCUT2D eigenvalue weighted by Crippen LogP contribution is 2.34. The van der Waals surface area contributed by atoms with Gasteiger partial charge < -0.3 is 14.7 Å². The summed E-state index contributed by atoms with van der Waals surface area (Å²) in [6, 6.07) is 2.19. The molecule has 1 aliphatic rings. The van der Waals surface area contributed by atoms with Gasteiger partial charge in [-0.3, -0.25) is 0 Å². The molecule has 1 aromatic rings. The van der Waals surface area contributed by atoms with E-state index in [1.165, 1.54) is 6.20 Å². The molecule has 230 valence electrons. The average molecular weight is 603 g/mol. The number of benzene rings is 1. The summed E-state index contributed by atoms with van der Waals surface area (Å²) in [5, 5.41) is 8.27. The van der Waals surface area contributed by atoms with E-state index >= 15 is 4.39 Å². The van der Waals surface area contributed by atoms with E-state index in [9.17, 15) is 13.0 Å². The minimum Gasteiger partial charge on any atom is -0.392 e. The number of nitrogens with zero attached hydrogens (tertiary/aromatic N) is 1. The van der Waals surface area contributed by atoms with E-state index in [-0.39, 0.29) is 28.3 Å². The Hall–Kier alpha value is -3.75. The third-order valence-electron chi connectivity index (χ3n) is 5.91. The van der Waals surface area contributed by atoms with E-state index in [1.54, 1.807) is 37.1 Å². The topological polar surface area (TPSA) is 52.6 Å². The Kier molecular flexibility index (Phi) is 16.3. The standard InChI is InChI=1S/C27H29F3N2OS.C5H10O.C2H6/c1-9-21(28)15-25(18(5)6)34(8,33)31-23-13-12-22(29)26(27(23)30)20-11-14-24(19(7)17(3)4)32(10-2)16-20;1-3-5(2)4-6;1-2/h9-16H,1-3,8H2,4-7H3,(H,31,33);3,6H,4H2,1-2H3;1-2H3/b21-15+,24-19+;5-3+;. The van der Waals surface area contributed by atoms with Crippen molar-refractivity contribution in [3.05, 3.63) is 131 Å². The molecule has 0 saturated heterocycles. The van der Waals surface area contributed by atoms with E-state index in [0.717, 1.165) is 46.7 Å². The second-order valence-electron chi connectivity index (χ2n) is 9.25. The zero-order valence-corrected chi connectivity index (χ0v) is 26.9. The minimum atomic E-state index is -3.39. The predicted molar refractivity (Wildman–Crippen MR) is 178 cm³/mol. The van der Waals surface area contributed by atoms with E-state index in [4.69, 9.17) is 5.11 Å². The van der Waals surface area contributed by atoms with Crippen LogP contribution in [0.3, 0.4) is 0 Å². The van der Waals surface area contributed by atoms with Crippen molar-refractivity contribution >= 4 is 26.8 Å². The Morgan fingerprint density at radius 2 is 1.69 bits per heavy atom. The molecule has 0 amide bonds. The SMILES string of the molecule is C/C=C(\C)CO.C=C/C(F)=C\C(=C(C)C)S(=C)(=O)Nc1ccc(F)c(C2=CN(C=C)/C(=C(\C)C(=C)C)C=C2)c1F.CC. The fourth-order valence-corrected chi connectivity index (χ4v) is 4.91. The summed E-state index contributed by atoms with van der Waals surface area (Å²) < 4.78 is 60.0. The lowest BCUT2D eigenvalue weighted by Crippen LogP contribution is -2.17. The van der Waals surface area contributed by atoms with Crippen LogP contribution in [-0.2, 0) is 9.71 Å². The van der Waals surface area contributed by atoms with Gasteiger partial charge in [-0.2, -0.15) is 0 Å². The van der Waals surface area contributed by atoms with Crippen molar-refractivity contribution < 1.29 is 22.5 Å². The molecule has 0 bridgehead atoms. The predicted octanol–water partition coefficient (Wildman–Crippen LogP) is 9.52. The first-order valence-electron chi connectivity index (χ1n) is 13.4. The summed E-state index contributed by atoms with van der Waals surface area (Å²) in [7, 11) is -3.39. The summed E-state index contributed by atoms with van der Waals surface area (Å²) in [4.78, 5) is 1.70. The minimum absolute atomic E-state index is 0.0508. The molecule has 42 heavy (non-hydrogen) atoms. The fraction of sp³-hybridized carbons (Fsp3) is 0.265. The third kappa shape index (κ3) is 10.6. The fourth-order valence-electron chi connectivity index (χ4n) is 3.33. The van der Waals surface area contributed by atoms with Gasteiger partial charge in [-0.25, -0.2) is 17.4 Å². The first-order valence-corrected chi connectivity index (χ1v) is 15.1. The van der Waals surface area contributed by atoms with Crippen LogP contribution in [0.2, 0.25) is 0 Å². The van der Waals surface area contributed by atoms with Crippen molar-refractivity contribution in [1.82, 2.24) is 4.90 Å². The molecule has 0 aromatic heterocycles. The molecule has 1 atom stereocenters. The van der Waals surface area contributed by atoms with Crippen LogP contribution >= 0.6 is 0 Å². The van der Waals surface area contributed by atoms with Gasteiger partial charge >= 0.3 is 0 Å². The van der Waals surface area contributed by atoms with Gasteiger partial charge in [0.25, 0.3) is 0 Å². The van der Waals surface area contributed by atoms with Crippen LogP contribution in [0.5, 0.6) is 0 Å². The largest absolute Gasteiger partial charge is 0.392 e. The average Bonchev–Trinajstić information content (AvgIpc) is 2.97. The van der Waals surface area contributed by atoms with Gasteiger partial charge in [-0.15, -0.1) is 0 Å². The Morgan fingerprint density at radius 1 is 1.10 bits per heavy atom. The lowest BCUT2D eigenvalue weighted by atomic mass is 9.99. The number of allylic oxidation sites excluding steroid dienone is 10. The van der Waals surface area contributed by atoms with Crippen LogP contribution in [0.1, 0.15) is 61.0 Å². The second-order valence-corrected chi connectivity index (χ2v) is 11.2. The molecule has 0 spiro atoms. The number of aliphatic hydroxyl groups is 1. The Balaban J connectivity index is 0.00000186. The van der Waals surface area contributed by atoms with Gasteiger partial charge in [0, 0.05) is 23.7 Å². The molecule has 0 saturated carbocycles. The maximum absolute atomic E-state index is 15.5. The number of hydrogen-bond acceptors (Lipinski definition) is 3. The smallest absolute Gasteiger partial charge is 0.157 e. The van der Waals surface area contributed by atoms with Crippen LogP contribution in [0, 0.1) is 11.6 Å². The van der Waals surface area contributed by atoms with E-state index in [1.807, 2.05) is 47.6 Å². The number of halogens is 3. The molecular formula is C34H45F3N2O2S. The highest BCUT2D eigenvalue weighted by molar-refractivity contribution is 8.05. The maximum Gasteiger partial charge on any atom is 0.157 e. The highest BCUT2D eigenvalue weighted by Gasteiger charge is 2.22. The van der Waals surface area contributed by atoms with Crippen molar-refractivity contribution in [2.75, 3.05) is 11.3 Å². The summed E-state index contributed by atoms with van der Waals surface area (Å²) >= 11 is 0. The Morgan fingerprint density at radius 3 is 2.12 bits per heavy atom. The van der Waals surface area contributed by atoms with E-state index in [0.29, 0.717) is 5.57 Å².